The molecule has 1 aliphatic heterocycles. The summed E-state index contributed by atoms with van der Waals surface area (Å²) in [5, 5.41) is 3.35. The van der Waals surface area contributed by atoms with E-state index >= 15 is 0 Å². The van der Waals surface area contributed by atoms with Crippen molar-refractivity contribution in [1.29, 1.82) is 0 Å². The molecule has 0 saturated carbocycles. The van der Waals surface area contributed by atoms with Crippen molar-refractivity contribution >= 4 is 15.9 Å². The van der Waals surface area contributed by atoms with Gasteiger partial charge in [0.05, 0.1) is 0 Å². The molecule has 1 aromatic rings. The zero-order valence-electron chi connectivity index (χ0n) is 9.75. The Labute approximate surface area is 106 Å². The molecule has 2 rings (SSSR count). The number of benzene rings is 1. The highest BCUT2D eigenvalue weighted by Crippen LogP contribution is 2.15. The summed E-state index contributed by atoms with van der Waals surface area (Å²) in [6.07, 6.45) is 1.23. The number of halogens is 1. The molecule has 0 unspecified atom stereocenters. The van der Waals surface area contributed by atoms with Crippen molar-refractivity contribution in [3.05, 3.63) is 34.3 Å². The van der Waals surface area contributed by atoms with Crippen molar-refractivity contribution in [2.45, 2.75) is 25.9 Å². The Kier molecular flexibility index (Phi) is 4.38. The Bertz CT molecular complexity index is 319. The Hall–Kier alpha value is -0.380. The molecule has 0 aromatic heterocycles. The highest BCUT2D eigenvalue weighted by molar-refractivity contribution is 9.10. The second-order valence-electron chi connectivity index (χ2n) is 4.41. The summed E-state index contributed by atoms with van der Waals surface area (Å²) in [5.74, 6) is 0. The lowest BCUT2D eigenvalue weighted by Crippen LogP contribution is -2.56. The van der Waals surface area contributed by atoms with Crippen molar-refractivity contribution in [3.8, 4) is 0 Å². The SMILES string of the molecule is CCCN(Cc1ccc(Br)cc1)C1CNC1. The average molecular weight is 283 g/mol. The molecule has 0 radical (unpaired) electrons. The Morgan fingerprint density at radius 2 is 2.00 bits per heavy atom. The van der Waals surface area contributed by atoms with Gasteiger partial charge in [0.25, 0.3) is 0 Å². The van der Waals surface area contributed by atoms with Crippen LogP contribution in [0.25, 0.3) is 0 Å². The molecule has 2 nitrogen and oxygen atoms in total. The Balaban J connectivity index is 1.96. The third-order valence-electron chi connectivity index (χ3n) is 3.09. The molecule has 1 heterocycles. The first-order valence-corrected chi connectivity index (χ1v) is 6.78. The van der Waals surface area contributed by atoms with E-state index in [4.69, 9.17) is 0 Å². The van der Waals surface area contributed by atoms with E-state index in [1.54, 1.807) is 0 Å². The van der Waals surface area contributed by atoms with Gasteiger partial charge >= 0.3 is 0 Å². The summed E-state index contributed by atoms with van der Waals surface area (Å²) < 4.78 is 1.16. The lowest BCUT2D eigenvalue weighted by atomic mass is 10.1. The van der Waals surface area contributed by atoms with Gasteiger partial charge in [0.15, 0.2) is 0 Å². The highest BCUT2D eigenvalue weighted by atomic mass is 79.9. The van der Waals surface area contributed by atoms with Gasteiger partial charge in [-0.15, -0.1) is 0 Å². The van der Waals surface area contributed by atoms with Gasteiger partial charge in [-0.1, -0.05) is 35.0 Å². The normalized spacial score (nSPS) is 16.4. The predicted molar refractivity (Wildman–Crippen MR) is 71.5 cm³/mol. The van der Waals surface area contributed by atoms with Gasteiger partial charge in [0, 0.05) is 30.1 Å². The van der Waals surface area contributed by atoms with Crippen LogP contribution in [0.15, 0.2) is 28.7 Å². The summed E-state index contributed by atoms with van der Waals surface area (Å²) in [4.78, 5) is 2.58. The fourth-order valence-corrected chi connectivity index (χ4v) is 2.30. The standard InChI is InChI=1S/C13H19BrN2/c1-2-7-16(13-8-15-9-13)10-11-3-5-12(14)6-4-11/h3-6,13,15H,2,7-10H2,1H3. The third-order valence-corrected chi connectivity index (χ3v) is 3.61. The monoisotopic (exact) mass is 282 g/mol. The highest BCUT2D eigenvalue weighted by Gasteiger charge is 2.23. The molecular formula is C13H19BrN2. The summed E-state index contributed by atoms with van der Waals surface area (Å²) in [6.45, 7) is 6.82. The maximum atomic E-state index is 3.47. The molecule has 3 heteroatoms. The number of nitrogens with one attached hydrogen (secondary N) is 1. The summed E-state index contributed by atoms with van der Waals surface area (Å²) in [5.41, 5.74) is 1.41. The molecule has 1 fully saturated rings. The van der Waals surface area contributed by atoms with Gasteiger partial charge in [0.1, 0.15) is 0 Å². The van der Waals surface area contributed by atoms with E-state index < -0.39 is 0 Å². The van der Waals surface area contributed by atoms with Crippen LogP contribution >= 0.6 is 15.9 Å². The van der Waals surface area contributed by atoms with Gasteiger partial charge in [-0.3, -0.25) is 4.90 Å². The van der Waals surface area contributed by atoms with E-state index in [2.05, 4.69) is 57.3 Å². The summed E-state index contributed by atoms with van der Waals surface area (Å²) in [7, 11) is 0. The second-order valence-corrected chi connectivity index (χ2v) is 5.32. The number of rotatable bonds is 5. The fourth-order valence-electron chi connectivity index (χ4n) is 2.03. The molecule has 0 aliphatic carbocycles. The topological polar surface area (TPSA) is 15.3 Å². The van der Waals surface area contributed by atoms with Crippen LogP contribution in [-0.2, 0) is 6.54 Å². The molecule has 16 heavy (non-hydrogen) atoms. The predicted octanol–water partition coefficient (Wildman–Crippen LogP) is 2.63. The Morgan fingerprint density at radius 3 is 2.50 bits per heavy atom. The van der Waals surface area contributed by atoms with E-state index in [0.717, 1.165) is 30.1 Å². The zero-order valence-corrected chi connectivity index (χ0v) is 11.3. The molecule has 88 valence electrons. The first kappa shape index (κ1) is 12.1. The van der Waals surface area contributed by atoms with Crippen LogP contribution < -0.4 is 5.32 Å². The van der Waals surface area contributed by atoms with Crippen LogP contribution in [0.5, 0.6) is 0 Å². The average Bonchev–Trinajstić information content (AvgIpc) is 2.19. The van der Waals surface area contributed by atoms with Crippen LogP contribution in [0.2, 0.25) is 0 Å². The van der Waals surface area contributed by atoms with Crippen molar-refractivity contribution in [2.75, 3.05) is 19.6 Å². The maximum Gasteiger partial charge on any atom is 0.0348 e. The second kappa shape index (κ2) is 5.80. The number of hydrogen-bond donors (Lipinski definition) is 1. The minimum Gasteiger partial charge on any atom is -0.314 e. The van der Waals surface area contributed by atoms with E-state index in [0.29, 0.717) is 0 Å². The molecule has 1 N–H and O–H groups in total. The first-order valence-electron chi connectivity index (χ1n) is 5.99. The molecule has 0 atom stereocenters. The van der Waals surface area contributed by atoms with Crippen molar-refractivity contribution in [3.63, 3.8) is 0 Å². The number of nitrogens with zero attached hydrogens (tertiary/aromatic N) is 1. The lowest BCUT2D eigenvalue weighted by Gasteiger charge is -2.38. The van der Waals surface area contributed by atoms with Crippen LogP contribution in [-0.4, -0.2) is 30.6 Å². The summed E-state index contributed by atoms with van der Waals surface area (Å²) in [6, 6.07) is 9.40. The smallest absolute Gasteiger partial charge is 0.0348 e. The van der Waals surface area contributed by atoms with Crippen LogP contribution in [0, 0.1) is 0 Å². The quantitative estimate of drug-likeness (QED) is 0.893. The van der Waals surface area contributed by atoms with Crippen LogP contribution in [0.3, 0.4) is 0 Å². The van der Waals surface area contributed by atoms with E-state index in [1.165, 1.54) is 18.5 Å². The Morgan fingerprint density at radius 1 is 1.31 bits per heavy atom. The van der Waals surface area contributed by atoms with Crippen molar-refractivity contribution < 1.29 is 0 Å². The van der Waals surface area contributed by atoms with Gasteiger partial charge in [-0.05, 0) is 30.7 Å². The van der Waals surface area contributed by atoms with E-state index in [1.807, 2.05) is 0 Å². The van der Waals surface area contributed by atoms with E-state index in [-0.39, 0.29) is 0 Å². The zero-order chi connectivity index (χ0) is 11.4. The van der Waals surface area contributed by atoms with E-state index in [9.17, 15) is 0 Å². The maximum absolute atomic E-state index is 3.47. The lowest BCUT2D eigenvalue weighted by molar-refractivity contribution is 0.138. The van der Waals surface area contributed by atoms with Gasteiger partial charge in [0.2, 0.25) is 0 Å². The molecule has 0 amide bonds. The van der Waals surface area contributed by atoms with Crippen molar-refractivity contribution in [2.24, 2.45) is 0 Å². The van der Waals surface area contributed by atoms with Gasteiger partial charge in [-0.25, -0.2) is 0 Å². The molecule has 1 aliphatic rings. The van der Waals surface area contributed by atoms with Gasteiger partial charge < -0.3 is 5.32 Å². The van der Waals surface area contributed by atoms with Crippen LogP contribution in [0.1, 0.15) is 18.9 Å². The fraction of sp³-hybridized carbons (Fsp3) is 0.538. The minimum atomic E-state index is 0.739. The largest absolute Gasteiger partial charge is 0.314 e. The summed E-state index contributed by atoms with van der Waals surface area (Å²) >= 11 is 3.47. The third kappa shape index (κ3) is 3.06. The molecule has 0 bridgehead atoms. The molecule has 1 saturated heterocycles. The molecule has 0 spiro atoms. The van der Waals surface area contributed by atoms with Gasteiger partial charge in [-0.2, -0.15) is 0 Å². The van der Waals surface area contributed by atoms with Crippen molar-refractivity contribution in [1.82, 2.24) is 10.2 Å². The first-order chi connectivity index (χ1) is 7.79. The minimum absolute atomic E-state index is 0.739. The number of hydrogen-bond acceptors (Lipinski definition) is 2. The molecule has 1 aromatic carbocycles. The van der Waals surface area contributed by atoms with Crippen LogP contribution in [0.4, 0.5) is 0 Å². The molecular weight excluding hydrogens is 264 g/mol.